The molecule has 0 aromatic rings. The molecule has 0 unspecified atom stereocenters. The maximum Gasteiger partial charge on any atom is 0.332 e. The van der Waals surface area contributed by atoms with Crippen LogP contribution in [0.5, 0.6) is 0 Å². The van der Waals surface area contributed by atoms with Crippen molar-refractivity contribution < 1.29 is 28.9 Å². The van der Waals surface area contributed by atoms with Crippen molar-refractivity contribution in [2.45, 2.75) is 37.9 Å². The summed E-state index contributed by atoms with van der Waals surface area (Å²) in [5.41, 5.74) is 0. The SMILES string of the molecule is COCCOCCCCNC(=O)[C@@H]1CC[C@H](C(=O)O)O1. The molecular formula is C13H23NO6. The first-order valence-corrected chi connectivity index (χ1v) is 6.87. The van der Waals surface area contributed by atoms with Crippen LogP contribution in [-0.4, -0.2) is 62.7 Å². The van der Waals surface area contributed by atoms with Gasteiger partial charge in [-0.05, 0) is 25.7 Å². The summed E-state index contributed by atoms with van der Waals surface area (Å²) in [6, 6.07) is 0. The van der Waals surface area contributed by atoms with E-state index >= 15 is 0 Å². The molecule has 7 heteroatoms. The molecule has 1 aliphatic heterocycles. The van der Waals surface area contributed by atoms with Crippen molar-refractivity contribution in [3.8, 4) is 0 Å². The maximum atomic E-state index is 11.7. The van der Waals surface area contributed by atoms with Crippen LogP contribution in [0.4, 0.5) is 0 Å². The summed E-state index contributed by atoms with van der Waals surface area (Å²) in [4.78, 5) is 22.4. The molecule has 1 saturated heterocycles. The number of hydrogen-bond acceptors (Lipinski definition) is 5. The number of nitrogens with one attached hydrogen (secondary N) is 1. The second kappa shape index (κ2) is 9.68. The number of aliphatic carboxylic acids is 1. The summed E-state index contributed by atoms with van der Waals surface area (Å²) < 4.78 is 15.3. The molecule has 7 nitrogen and oxygen atoms in total. The molecule has 0 aromatic heterocycles. The van der Waals surface area contributed by atoms with Crippen LogP contribution in [-0.2, 0) is 23.8 Å². The van der Waals surface area contributed by atoms with Crippen molar-refractivity contribution in [1.29, 1.82) is 0 Å². The highest BCUT2D eigenvalue weighted by molar-refractivity contribution is 5.82. The highest BCUT2D eigenvalue weighted by Gasteiger charge is 2.34. The van der Waals surface area contributed by atoms with Gasteiger partial charge in [-0.3, -0.25) is 4.79 Å². The van der Waals surface area contributed by atoms with Gasteiger partial charge in [0.15, 0.2) is 6.10 Å². The molecule has 0 bridgehead atoms. The second-order valence-corrected chi connectivity index (χ2v) is 4.63. The van der Waals surface area contributed by atoms with E-state index in [1.807, 2.05) is 0 Å². The lowest BCUT2D eigenvalue weighted by atomic mass is 10.2. The third kappa shape index (κ3) is 6.31. The Hall–Kier alpha value is -1.18. The normalized spacial score (nSPS) is 21.9. The van der Waals surface area contributed by atoms with Gasteiger partial charge < -0.3 is 24.6 Å². The Morgan fingerprint density at radius 2 is 1.95 bits per heavy atom. The average molecular weight is 289 g/mol. The summed E-state index contributed by atoms with van der Waals surface area (Å²) in [5, 5.41) is 11.5. The van der Waals surface area contributed by atoms with Crippen LogP contribution >= 0.6 is 0 Å². The molecule has 1 fully saturated rings. The number of methoxy groups -OCH3 is 1. The van der Waals surface area contributed by atoms with Gasteiger partial charge in [-0.25, -0.2) is 4.79 Å². The van der Waals surface area contributed by atoms with Gasteiger partial charge in [0, 0.05) is 20.3 Å². The fourth-order valence-electron chi connectivity index (χ4n) is 1.91. The summed E-state index contributed by atoms with van der Waals surface area (Å²) in [6.45, 7) is 2.35. The van der Waals surface area contributed by atoms with Crippen molar-refractivity contribution in [3.63, 3.8) is 0 Å². The largest absolute Gasteiger partial charge is 0.479 e. The van der Waals surface area contributed by atoms with Gasteiger partial charge in [0.05, 0.1) is 13.2 Å². The molecule has 116 valence electrons. The average Bonchev–Trinajstić information content (AvgIpc) is 2.91. The molecule has 1 aliphatic rings. The number of carboxylic acid groups (broad SMARTS) is 1. The topological polar surface area (TPSA) is 94.1 Å². The lowest BCUT2D eigenvalue weighted by Gasteiger charge is -2.11. The lowest BCUT2D eigenvalue weighted by Crippen LogP contribution is -2.36. The molecule has 0 aromatic carbocycles. The Labute approximate surface area is 118 Å². The molecule has 1 heterocycles. The van der Waals surface area contributed by atoms with Crippen LogP contribution in [0, 0.1) is 0 Å². The van der Waals surface area contributed by atoms with Crippen molar-refractivity contribution in [2.24, 2.45) is 0 Å². The summed E-state index contributed by atoms with van der Waals surface area (Å²) >= 11 is 0. The fourth-order valence-corrected chi connectivity index (χ4v) is 1.91. The third-order valence-corrected chi connectivity index (χ3v) is 3.03. The quantitative estimate of drug-likeness (QED) is 0.557. The number of carbonyl (C=O) groups excluding carboxylic acids is 1. The van der Waals surface area contributed by atoms with Crippen molar-refractivity contribution in [1.82, 2.24) is 5.32 Å². The smallest absolute Gasteiger partial charge is 0.332 e. The van der Waals surface area contributed by atoms with Crippen LogP contribution in [0.1, 0.15) is 25.7 Å². The number of carboxylic acids is 1. The number of hydrogen-bond donors (Lipinski definition) is 2. The molecule has 0 saturated carbocycles. The second-order valence-electron chi connectivity index (χ2n) is 4.63. The molecule has 1 rings (SSSR count). The Kier molecular flexibility index (Phi) is 8.17. The summed E-state index contributed by atoms with van der Waals surface area (Å²) in [5.74, 6) is -1.23. The van der Waals surface area contributed by atoms with Gasteiger partial charge in [-0.1, -0.05) is 0 Å². The monoisotopic (exact) mass is 289 g/mol. The molecule has 2 N–H and O–H groups in total. The number of rotatable bonds is 10. The number of unbranched alkanes of at least 4 members (excludes halogenated alkanes) is 1. The van der Waals surface area contributed by atoms with Crippen LogP contribution < -0.4 is 5.32 Å². The van der Waals surface area contributed by atoms with E-state index in [-0.39, 0.29) is 5.91 Å². The lowest BCUT2D eigenvalue weighted by molar-refractivity contribution is -0.151. The van der Waals surface area contributed by atoms with Crippen molar-refractivity contribution in [3.05, 3.63) is 0 Å². The van der Waals surface area contributed by atoms with Crippen LogP contribution in [0.25, 0.3) is 0 Å². The van der Waals surface area contributed by atoms with E-state index in [2.05, 4.69) is 5.32 Å². The maximum absolute atomic E-state index is 11.7. The van der Waals surface area contributed by atoms with Gasteiger partial charge in [0.1, 0.15) is 6.10 Å². The van der Waals surface area contributed by atoms with Gasteiger partial charge >= 0.3 is 5.97 Å². The molecular weight excluding hydrogens is 266 g/mol. The minimum atomic E-state index is -1.01. The Morgan fingerprint density at radius 1 is 1.20 bits per heavy atom. The van der Waals surface area contributed by atoms with E-state index in [0.29, 0.717) is 39.2 Å². The molecule has 20 heavy (non-hydrogen) atoms. The Morgan fingerprint density at radius 3 is 2.60 bits per heavy atom. The predicted molar refractivity (Wildman–Crippen MR) is 70.5 cm³/mol. The van der Waals surface area contributed by atoms with Crippen molar-refractivity contribution >= 4 is 11.9 Å². The first-order valence-electron chi connectivity index (χ1n) is 6.87. The first-order chi connectivity index (χ1) is 9.65. The van der Waals surface area contributed by atoms with Crippen LogP contribution in [0.15, 0.2) is 0 Å². The van der Waals surface area contributed by atoms with E-state index in [4.69, 9.17) is 19.3 Å². The summed E-state index contributed by atoms with van der Waals surface area (Å²) in [6.07, 6.45) is 1.04. The predicted octanol–water partition coefficient (Wildman–Crippen LogP) is 0.178. The highest BCUT2D eigenvalue weighted by Crippen LogP contribution is 2.19. The molecule has 0 aliphatic carbocycles. The number of carbonyl (C=O) groups is 2. The van der Waals surface area contributed by atoms with Gasteiger partial charge in [0.2, 0.25) is 5.91 Å². The van der Waals surface area contributed by atoms with E-state index < -0.39 is 18.2 Å². The van der Waals surface area contributed by atoms with Gasteiger partial charge in [0.25, 0.3) is 0 Å². The fraction of sp³-hybridized carbons (Fsp3) is 0.846. The Balaban J connectivity index is 1.99. The van der Waals surface area contributed by atoms with E-state index in [1.54, 1.807) is 7.11 Å². The van der Waals surface area contributed by atoms with E-state index in [9.17, 15) is 9.59 Å². The zero-order valence-corrected chi connectivity index (χ0v) is 11.8. The van der Waals surface area contributed by atoms with Crippen LogP contribution in [0.2, 0.25) is 0 Å². The standard InChI is InChI=1S/C13H23NO6/c1-18-8-9-19-7-3-2-6-14-12(15)10-4-5-11(20-10)13(16)17/h10-11H,2-9H2,1H3,(H,14,15)(H,16,17)/t10-,11+/m0/s1. The molecule has 0 radical (unpaired) electrons. The van der Waals surface area contributed by atoms with E-state index in [1.165, 1.54) is 0 Å². The first kappa shape index (κ1) is 16.9. The van der Waals surface area contributed by atoms with Gasteiger partial charge in [-0.15, -0.1) is 0 Å². The zero-order chi connectivity index (χ0) is 14.8. The minimum absolute atomic E-state index is 0.228. The Bertz CT molecular complexity index is 309. The van der Waals surface area contributed by atoms with E-state index in [0.717, 1.165) is 12.8 Å². The molecule has 1 amide bonds. The van der Waals surface area contributed by atoms with Gasteiger partial charge in [-0.2, -0.15) is 0 Å². The molecule has 2 atom stereocenters. The number of ether oxygens (including phenoxy) is 3. The third-order valence-electron chi connectivity index (χ3n) is 3.03. The van der Waals surface area contributed by atoms with Crippen LogP contribution in [0.3, 0.4) is 0 Å². The zero-order valence-electron chi connectivity index (χ0n) is 11.8. The van der Waals surface area contributed by atoms with Crippen molar-refractivity contribution in [2.75, 3.05) is 33.5 Å². The minimum Gasteiger partial charge on any atom is -0.479 e. The molecule has 0 spiro atoms. The highest BCUT2D eigenvalue weighted by atomic mass is 16.5. The number of amides is 1. The summed E-state index contributed by atoms with van der Waals surface area (Å²) in [7, 11) is 1.62.